The molecule has 2 fully saturated rings. The zero-order valence-electron chi connectivity index (χ0n) is 12.4. The number of benzene rings is 1. The Morgan fingerprint density at radius 1 is 1.33 bits per heavy atom. The molecule has 4 rings (SSSR count). The largest absolute Gasteiger partial charge is 0.384 e. The van der Waals surface area contributed by atoms with E-state index in [0.29, 0.717) is 5.92 Å². The van der Waals surface area contributed by atoms with Crippen molar-refractivity contribution < 1.29 is 4.79 Å². The molecular formula is C17H23N3O. The van der Waals surface area contributed by atoms with E-state index in [1.807, 2.05) is 6.07 Å². The van der Waals surface area contributed by atoms with Crippen LogP contribution in [0, 0.1) is 11.3 Å². The summed E-state index contributed by atoms with van der Waals surface area (Å²) in [7, 11) is 0. The lowest BCUT2D eigenvalue weighted by Crippen LogP contribution is -2.44. The lowest BCUT2D eigenvalue weighted by Gasteiger charge is -2.37. The van der Waals surface area contributed by atoms with Crippen LogP contribution in [0.5, 0.6) is 0 Å². The van der Waals surface area contributed by atoms with Crippen LogP contribution in [0.2, 0.25) is 0 Å². The second-order valence-corrected chi connectivity index (χ2v) is 6.73. The van der Waals surface area contributed by atoms with Gasteiger partial charge in [-0.05, 0) is 55.5 Å². The standard InChI is InChI=1S/C17H23N3O/c21-16(17-7-2-1-3-13(17)10-18-11-17)20-14-4-5-15-12(9-14)6-8-19-15/h4-5,9,13,18-19H,1-3,6-8,10-11H2,(H,20,21)/t13-,17+/m0/s1. The maximum absolute atomic E-state index is 12.9. The fourth-order valence-electron chi connectivity index (χ4n) is 4.33. The molecule has 0 bridgehead atoms. The summed E-state index contributed by atoms with van der Waals surface area (Å²) in [5, 5.41) is 10.00. The smallest absolute Gasteiger partial charge is 0.232 e. The topological polar surface area (TPSA) is 53.2 Å². The van der Waals surface area contributed by atoms with E-state index in [1.165, 1.54) is 30.5 Å². The number of rotatable bonds is 2. The highest BCUT2D eigenvalue weighted by molar-refractivity contribution is 5.96. The van der Waals surface area contributed by atoms with E-state index >= 15 is 0 Å². The summed E-state index contributed by atoms with van der Waals surface area (Å²) in [6.07, 6.45) is 5.72. The Balaban J connectivity index is 1.55. The minimum atomic E-state index is -0.171. The van der Waals surface area contributed by atoms with Crippen LogP contribution >= 0.6 is 0 Å². The van der Waals surface area contributed by atoms with Gasteiger partial charge in [0.2, 0.25) is 5.91 Å². The van der Waals surface area contributed by atoms with Crippen molar-refractivity contribution in [3.63, 3.8) is 0 Å². The lowest BCUT2D eigenvalue weighted by molar-refractivity contribution is -0.128. The zero-order valence-corrected chi connectivity index (χ0v) is 12.4. The number of carbonyl (C=O) groups excluding carboxylic acids is 1. The first-order chi connectivity index (χ1) is 10.3. The SMILES string of the molecule is O=C(Nc1ccc2c(c1)CCN2)[C@@]12CCCC[C@H]1CNC2. The number of nitrogens with one attached hydrogen (secondary N) is 3. The molecular weight excluding hydrogens is 262 g/mol. The van der Waals surface area contributed by atoms with E-state index < -0.39 is 0 Å². The van der Waals surface area contributed by atoms with Crippen molar-refractivity contribution in [3.8, 4) is 0 Å². The molecule has 21 heavy (non-hydrogen) atoms. The van der Waals surface area contributed by atoms with Gasteiger partial charge in [-0.1, -0.05) is 12.8 Å². The van der Waals surface area contributed by atoms with Crippen LogP contribution in [0.4, 0.5) is 11.4 Å². The minimum absolute atomic E-state index is 0.171. The summed E-state index contributed by atoms with van der Waals surface area (Å²) in [5.74, 6) is 0.741. The monoisotopic (exact) mass is 285 g/mol. The Labute approximate surface area is 125 Å². The van der Waals surface area contributed by atoms with Crippen LogP contribution in [0.25, 0.3) is 0 Å². The van der Waals surface area contributed by atoms with Gasteiger partial charge in [0.1, 0.15) is 0 Å². The third-order valence-corrected chi connectivity index (χ3v) is 5.56. The Hall–Kier alpha value is -1.55. The van der Waals surface area contributed by atoms with Gasteiger partial charge < -0.3 is 16.0 Å². The van der Waals surface area contributed by atoms with E-state index in [2.05, 4.69) is 28.1 Å². The fraction of sp³-hybridized carbons (Fsp3) is 0.588. The normalized spacial score (nSPS) is 30.4. The predicted molar refractivity (Wildman–Crippen MR) is 84.5 cm³/mol. The van der Waals surface area contributed by atoms with Gasteiger partial charge in [-0.25, -0.2) is 0 Å². The van der Waals surface area contributed by atoms with Gasteiger partial charge in [-0.15, -0.1) is 0 Å². The Morgan fingerprint density at radius 3 is 3.24 bits per heavy atom. The molecule has 1 saturated carbocycles. The molecule has 1 aliphatic carbocycles. The van der Waals surface area contributed by atoms with Crippen LogP contribution in [-0.2, 0) is 11.2 Å². The first kappa shape index (κ1) is 13.1. The molecule has 112 valence electrons. The van der Waals surface area contributed by atoms with Gasteiger partial charge in [0.25, 0.3) is 0 Å². The minimum Gasteiger partial charge on any atom is -0.384 e. The Morgan fingerprint density at radius 2 is 2.29 bits per heavy atom. The van der Waals surface area contributed by atoms with Crippen molar-refractivity contribution in [3.05, 3.63) is 23.8 Å². The molecule has 3 aliphatic rings. The first-order valence-corrected chi connectivity index (χ1v) is 8.17. The Bertz CT molecular complexity index is 571. The van der Waals surface area contributed by atoms with Crippen LogP contribution in [-0.4, -0.2) is 25.5 Å². The molecule has 0 radical (unpaired) electrons. The van der Waals surface area contributed by atoms with E-state index in [1.54, 1.807) is 0 Å². The molecule has 1 aromatic carbocycles. The molecule has 2 aliphatic heterocycles. The van der Waals surface area contributed by atoms with Gasteiger partial charge in [0.15, 0.2) is 0 Å². The van der Waals surface area contributed by atoms with Crippen molar-refractivity contribution in [2.45, 2.75) is 32.1 Å². The molecule has 1 saturated heterocycles. The molecule has 1 aromatic rings. The van der Waals surface area contributed by atoms with E-state index in [0.717, 1.165) is 38.2 Å². The maximum Gasteiger partial charge on any atom is 0.232 e. The number of fused-ring (bicyclic) bond motifs is 2. The van der Waals surface area contributed by atoms with Gasteiger partial charge in [0, 0.05) is 24.5 Å². The van der Waals surface area contributed by atoms with Crippen molar-refractivity contribution in [2.75, 3.05) is 30.3 Å². The summed E-state index contributed by atoms with van der Waals surface area (Å²) < 4.78 is 0. The quantitative estimate of drug-likeness (QED) is 0.782. The summed E-state index contributed by atoms with van der Waals surface area (Å²) in [6.45, 7) is 2.85. The molecule has 1 amide bonds. The maximum atomic E-state index is 12.9. The third-order valence-electron chi connectivity index (χ3n) is 5.56. The number of hydrogen-bond acceptors (Lipinski definition) is 3. The first-order valence-electron chi connectivity index (χ1n) is 8.17. The molecule has 2 atom stereocenters. The average Bonchev–Trinajstić information content (AvgIpc) is 3.13. The highest BCUT2D eigenvalue weighted by Crippen LogP contribution is 2.44. The van der Waals surface area contributed by atoms with Gasteiger partial charge in [-0.3, -0.25) is 4.79 Å². The third kappa shape index (κ3) is 2.13. The van der Waals surface area contributed by atoms with E-state index in [9.17, 15) is 4.79 Å². The number of carbonyl (C=O) groups is 1. The molecule has 0 aromatic heterocycles. The predicted octanol–water partition coefficient (Wildman–Crippen LogP) is 2.37. The molecule has 4 heteroatoms. The number of hydrogen-bond donors (Lipinski definition) is 3. The fourth-order valence-corrected chi connectivity index (χ4v) is 4.33. The summed E-state index contributed by atoms with van der Waals surface area (Å²) in [5.41, 5.74) is 3.31. The molecule has 2 heterocycles. The van der Waals surface area contributed by atoms with Crippen LogP contribution < -0.4 is 16.0 Å². The highest BCUT2D eigenvalue weighted by Gasteiger charge is 2.49. The van der Waals surface area contributed by atoms with Gasteiger partial charge >= 0.3 is 0 Å². The van der Waals surface area contributed by atoms with Crippen molar-refractivity contribution in [1.29, 1.82) is 0 Å². The van der Waals surface area contributed by atoms with Crippen molar-refractivity contribution in [2.24, 2.45) is 11.3 Å². The number of amides is 1. The highest BCUT2D eigenvalue weighted by atomic mass is 16.2. The average molecular weight is 285 g/mol. The molecule has 0 spiro atoms. The second-order valence-electron chi connectivity index (χ2n) is 6.73. The Kier molecular flexibility index (Phi) is 3.14. The van der Waals surface area contributed by atoms with E-state index in [-0.39, 0.29) is 11.3 Å². The van der Waals surface area contributed by atoms with Crippen molar-refractivity contribution in [1.82, 2.24) is 5.32 Å². The van der Waals surface area contributed by atoms with Crippen LogP contribution in [0.1, 0.15) is 31.2 Å². The summed E-state index contributed by atoms with van der Waals surface area (Å²) in [4.78, 5) is 12.9. The van der Waals surface area contributed by atoms with Crippen LogP contribution in [0.15, 0.2) is 18.2 Å². The molecule has 0 unspecified atom stereocenters. The number of anilines is 2. The second kappa shape index (κ2) is 5.02. The summed E-state index contributed by atoms with van der Waals surface area (Å²) in [6, 6.07) is 6.23. The van der Waals surface area contributed by atoms with Crippen molar-refractivity contribution >= 4 is 17.3 Å². The lowest BCUT2D eigenvalue weighted by atomic mass is 9.67. The van der Waals surface area contributed by atoms with Crippen LogP contribution in [0.3, 0.4) is 0 Å². The zero-order chi connectivity index (χ0) is 14.3. The molecule has 3 N–H and O–H groups in total. The van der Waals surface area contributed by atoms with E-state index in [4.69, 9.17) is 0 Å². The summed E-state index contributed by atoms with van der Waals surface area (Å²) >= 11 is 0. The van der Waals surface area contributed by atoms with Gasteiger partial charge in [0.05, 0.1) is 5.41 Å². The molecule has 4 nitrogen and oxygen atoms in total. The van der Waals surface area contributed by atoms with Gasteiger partial charge in [-0.2, -0.15) is 0 Å².